The van der Waals surface area contributed by atoms with E-state index in [1.54, 1.807) is 4.90 Å². The third-order valence-electron chi connectivity index (χ3n) is 2.46. The minimum Gasteiger partial charge on any atom is -0.355 e. The van der Waals surface area contributed by atoms with Crippen molar-refractivity contribution in [2.45, 2.75) is 6.42 Å². The molecule has 2 heterocycles. The summed E-state index contributed by atoms with van der Waals surface area (Å²) in [6.07, 6.45) is 4.31. The van der Waals surface area contributed by atoms with Gasteiger partial charge in [0, 0.05) is 26.1 Å². The molecule has 1 unspecified atom stereocenters. The molecule has 2 aliphatic heterocycles. The Bertz CT molecular complexity index is 265. The van der Waals surface area contributed by atoms with Crippen molar-refractivity contribution < 1.29 is 9.59 Å². The standard InChI is InChI=1S/C9H12N2O2/c12-8-5-7(6-10-8)9(13)11-3-1-2-4-11/h1-2,7H,3-6H2,(H,10,12). The summed E-state index contributed by atoms with van der Waals surface area (Å²) in [4.78, 5) is 24.3. The molecule has 70 valence electrons. The number of carbonyl (C=O) groups is 2. The Morgan fingerprint density at radius 1 is 1.46 bits per heavy atom. The van der Waals surface area contributed by atoms with E-state index in [9.17, 15) is 9.59 Å². The van der Waals surface area contributed by atoms with Gasteiger partial charge in [0.15, 0.2) is 0 Å². The van der Waals surface area contributed by atoms with Crippen molar-refractivity contribution >= 4 is 11.8 Å². The van der Waals surface area contributed by atoms with Crippen LogP contribution in [0.25, 0.3) is 0 Å². The molecule has 2 rings (SSSR count). The first kappa shape index (κ1) is 8.29. The second-order valence-electron chi connectivity index (χ2n) is 3.42. The van der Waals surface area contributed by atoms with Gasteiger partial charge in [-0.05, 0) is 0 Å². The first-order valence-corrected chi connectivity index (χ1v) is 4.48. The largest absolute Gasteiger partial charge is 0.355 e. The highest BCUT2D eigenvalue weighted by Crippen LogP contribution is 2.14. The lowest BCUT2D eigenvalue weighted by molar-refractivity contribution is -0.134. The van der Waals surface area contributed by atoms with Crippen molar-refractivity contribution in [2.24, 2.45) is 5.92 Å². The highest BCUT2D eigenvalue weighted by Gasteiger charge is 2.31. The van der Waals surface area contributed by atoms with Crippen molar-refractivity contribution in [3.63, 3.8) is 0 Å². The summed E-state index contributed by atoms with van der Waals surface area (Å²) >= 11 is 0. The van der Waals surface area contributed by atoms with Gasteiger partial charge in [-0.2, -0.15) is 0 Å². The van der Waals surface area contributed by atoms with E-state index in [1.807, 2.05) is 12.2 Å². The minimum atomic E-state index is -0.132. The Kier molecular flexibility index (Phi) is 2.04. The number of hydrogen-bond donors (Lipinski definition) is 1. The first-order chi connectivity index (χ1) is 6.27. The lowest BCUT2D eigenvalue weighted by Crippen LogP contribution is -2.35. The van der Waals surface area contributed by atoms with E-state index in [-0.39, 0.29) is 17.7 Å². The van der Waals surface area contributed by atoms with E-state index in [4.69, 9.17) is 0 Å². The summed E-state index contributed by atoms with van der Waals surface area (Å²) in [7, 11) is 0. The van der Waals surface area contributed by atoms with E-state index < -0.39 is 0 Å². The van der Waals surface area contributed by atoms with Gasteiger partial charge < -0.3 is 10.2 Å². The van der Waals surface area contributed by atoms with Crippen molar-refractivity contribution in [1.82, 2.24) is 10.2 Å². The number of rotatable bonds is 1. The number of nitrogens with zero attached hydrogens (tertiary/aromatic N) is 1. The van der Waals surface area contributed by atoms with Crippen molar-refractivity contribution in [3.05, 3.63) is 12.2 Å². The molecule has 2 aliphatic rings. The van der Waals surface area contributed by atoms with Gasteiger partial charge in [0.2, 0.25) is 11.8 Å². The highest BCUT2D eigenvalue weighted by atomic mass is 16.2. The van der Waals surface area contributed by atoms with Crippen LogP contribution in [0.2, 0.25) is 0 Å². The molecular weight excluding hydrogens is 168 g/mol. The maximum atomic E-state index is 11.7. The molecule has 0 spiro atoms. The number of hydrogen-bond acceptors (Lipinski definition) is 2. The zero-order valence-electron chi connectivity index (χ0n) is 7.32. The number of amides is 2. The lowest BCUT2D eigenvalue weighted by atomic mass is 10.1. The van der Waals surface area contributed by atoms with Gasteiger partial charge in [0.05, 0.1) is 5.92 Å². The summed E-state index contributed by atoms with van der Waals surface area (Å²) in [5, 5.41) is 2.67. The summed E-state index contributed by atoms with van der Waals surface area (Å²) in [5.41, 5.74) is 0. The summed E-state index contributed by atoms with van der Waals surface area (Å²) in [5.74, 6) is -0.0405. The van der Waals surface area contributed by atoms with Gasteiger partial charge >= 0.3 is 0 Å². The predicted octanol–water partition coefficient (Wildman–Crippen LogP) is -0.479. The van der Waals surface area contributed by atoms with E-state index in [0.717, 1.165) is 0 Å². The van der Waals surface area contributed by atoms with Crippen LogP contribution < -0.4 is 5.32 Å². The molecule has 1 fully saturated rings. The van der Waals surface area contributed by atoms with Gasteiger partial charge in [-0.3, -0.25) is 9.59 Å². The fourth-order valence-corrected chi connectivity index (χ4v) is 1.70. The summed E-state index contributed by atoms with van der Waals surface area (Å²) in [6.45, 7) is 1.90. The first-order valence-electron chi connectivity index (χ1n) is 4.48. The summed E-state index contributed by atoms with van der Waals surface area (Å²) < 4.78 is 0. The predicted molar refractivity (Wildman–Crippen MR) is 46.8 cm³/mol. The Morgan fingerprint density at radius 3 is 2.69 bits per heavy atom. The van der Waals surface area contributed by atoms with Crippen molar-refractivity contribution in [1.29, 1.82) is 0 Å². The van der Waals surface area contributed by atoms with Crippen LogP contribution in [0.15, 0.2) is 12.2 Å². The monoisotopic (exact) mass is 180 g/mol. The molecule has 1 N–H and O–H groups in total. The minimum absolute atomic E-state index is 0.00879. The van der Waals surface area contributed by atoms with Gasteiger partial charge in [-0.15, -0.1) is 0 Å². The van der Waals surface area contributed by atoms with Crippen LogP contribution in [0.3, 0.4) is 0 Å². The van der Waals surface area contributed by atoms with Crippen LogP contribution in [0, 0.1) is 5.92 Å². The zero-order chi connectivity index (χ0) is 9.26. The molecule has 1 saturated heterocycles. The van der Waals surface area contributed by atoms with E-state index >= 15 is 0 Å². The fourth-order valence-electron chi connectivity index (χ4n) is 1.70. The molecule has 0 radical (unpaired) electrons. The van der Waals surface area contributed by atoms with Crippen LogP contribution in [-0.2, 0) is 9.59 Å². The molecule has 4 nitrogen and oxygen atoms in total. The van der Waals surface area contributed by atoms with Crippen molar-refractivity contribution in [3.8, 4) is 0 Å². The second kappa shape index (κ2) is 3.20. The van der Waals surface area contributed by atoms with Gasteiger partial charge in [-0.1, -0.05) is 12.2 Å². The maximum absolute atomic E-state index is 11.7. The van der Waals surface area contributed by atoms with E-state index in [0.29, 0.717) is 26.1 Å². The molecule has 13 heavy (non-hydrogen) atoms. The molecule has 0 aliphatic carbocycles. The second-order valence-corrected chi connectivity index (χ2v) is 3.42. The van der Waals surface area contributed by atoms with Gasteiger partial charge in [0.1, 0.15) is 0 Å². The van der Waals surface area contributed by atoms with Gasteiger partial charge in [0.25, 0.3) is 0 Å². The maximum Gasteiger partial charge on any atom is 0.228 e. The lowest BCUT2D eigenvalue weighted by Gasteiger charge is -2.18. The van der Waals surface area contributed by atoms with Crippen LogP contribution in [0.4, 0.5) is 0 Å². The fraction of sp³-hybridized carbons (Fsp3) is 0.556. The Balaban J connectivity index is 1.93. The van der Waals surface area contributed by atoms with Crippen LogP contribution in [0.1, 0.15) is 6.42 Å². The molecule has 4 heteroatoms. The smallest absolute Gasteiger partial charge is 0.228 e. The Morgan fingerprint density at radius 2 is 2.15 bits per heavy atom. The quantitative estimate of drug-likeness (QED) is 0.554. The zero-order valence-corrected chi connectivity index (χ0v) is 7.32. The van der Waals surface area contributed by atoms with Crippen molar-refractivity contribution in [2.75, 3.05) is 19.6 Å². The molecule has 0 aromatic rings. The highest BCUT2D eigenvalue weighted by molar-refractivity contribution is 5.89. The third kappa shape index (κ3) is 1.56. The molecule has 0 aromatic heterocycles. The topological polar surface area (TPSA) is 49.4 Å². The van der Waals surface area contributed by atoms with E-state index in [1.165, 1.54) is 0 Å². The third-order valence-corrected chi connectivity index (χ3v) is 2.46. The number of carbonyl (C=O) groups excluding carboxylic acids is 2. The van der Waals surface area contributed by atoms with E-state index in [2.05, 4.69) is 5.32 Å². The molecular formula is C9H12N2O2. The molecule has 0 aromatic carbocycles. The Labute approximate surface area is 76.6 Å². The molecule has 0 bridgehead atoms. The van der Waals surface area contributed by atoms with Gasteiger partial charge in [-0.25, -0.2) is 0 Å². The summed E-state index contributed by atoms with van der Waals surface area (Å²) in [6, 6.07) is 0. The number of nitrogens with one attached hydrogen (secondary N) is 1. The molecule has 1 atom stereocenters. The average Bonchev–Trinajstić information content (AvgIpc) is 2.72. The normalized spacial score (nSPS) is 26.6. The van der Waals surface area contributed by atoms with Crippen LogP contribution in [-0.4, -0.2) is 36.3 Å². The van der Waals surface area contributed by atoms with Crippen LogP contribution in [0.5, 0.6) is 0 Å². The van der Waals surface area contributed by atoms with Crippen LogP contribution >= 0.6 is 0 Å². The average molecular weight is 180 g/mol. The molecule has 2 amide bonds. The SMILES string of the molecule is O=C1CC(C(=O)N2CC=CC2)CN1. The molecule has 0 saturated carbocycles. The Hall–Kier alpha value is -1.32.